The molecule has 1 heterocycles. The number of hydrogen-bond donors (Lipinski definition) is 1. The van der Waals surface area contributed by atoms with E-state index in [1.54, 1.807) is 16.7 Å². The number of nitrogens with one attached hydrogen (secondary N) is 1. The minimum atomic E-state index is -0.471. The molecule has 1 aliphatic heterocycles. The van der Waals surface area contributed by atoms with Crippen molar-refractivity contribution in [3.8, 4) is 0 Å². The molecule has 26 heavy (non-hydrogen) atoms. The van der Waals surface area contributed by atoms with Crippen molar-refractivity contribution < 1.29 is 9.59 Å². The van der Waals surface area contributed by atoms with Gasteiger partial charge in [0.05, 0.1) is 0 Å². The van der Waals surface area contributed by atoms with Crippen molar-refractivity contribution in [3.63, 3.8) is 0 Å². The second kappa shape index (κ2) is 7.96. The highest BCUT2D eigenvalue weighted by Crippen LogP contribution is 2.42. The first-order valence-corrected chi connectivity index (χ1v) is 9.88. The Kier molecular flexibility index (Phi) is 5.67. The van der Waals surface area contributed by atoms with E-state index in [0.29, 0.717) is 5.75 Å². The van der Waals surface area contributed by atoms with Crippen molar-refractivity contribution in [2.24, 2.45) is 5.92 Å². The van der Waals surface area contributed by atoms with Crippen LogP contribution in [0.25, 0.3) is 0 Å². The summed E-state index contributed by atoms with van der Waals surface area (Å²) in [5, 5.41) is 2.84. The maximum absolute atomic E-state index is 12.9. The third-order valence-corrected chi connectivity index (χ3v) is 5.78. The average Bonchev–Trinajstić information content (AvgIpc) is 3.08. The fraction of sp³-hybridized carbons (Fsp3) is 0.333. The lowest BCUT2D eigenvalue weighted by atomic mass is 10.1. The number of amides is 2. The van der Waals surface area contributed by atoms with Gasteiger partial charge >= 0.3 is 0 Å². The van der Waals surface area contributed by atoms with Crippen LogP contribution in [0, 0.1) is 12.8 Å². The highest BCUT2D eigenvalue weighted by Gasteiger charge is 2.42. The number of hydrogen-bond acceptors (Lipinski definition) is 3. The fourth-order valence-corrected chi connectivity index (χ4v) is 4.45. The van der Waals surface area contributed by atoms with Crippen LogP contribution < -0.4 is 5.32 Å². The Bertz CT molecular complexity index is 774. The van der Waals surface area contributed by atoms with Gasteiger partial charge in [0, 0.05) is 17.4 Å². The maximum atomic E-state index is 12.9. The van der Waals surface area contributed by atoms with Crippen LogP contribution in [0.1, 0.15) is 30.3 Å². The molecule has 0 saturated carbocycles. The van der Waals surface area contributed by atoms with Gasteiger partial charge in [0.2, 0.25) is 11.8 Å². The summed E-state index contributed by atoms with van der Waals surface area (Å²) in [5.74, 6) is 0.312. The molecule has 2 aromatic carbocycles. The third-order valence-electron chi connectivity index (χ3n) is 4.46. The monoisotopic (exact) mass is 368 g/mol. The van der Waals surface area contributed by atoms with Crippen molar-refractivity contribution >= 4 is 29.3 Å². The zero-order chi connectivity index (χ0) is 18.7. The summed E-state index contributed by atoms with van der Waals surface area (Å²) in [7, 11) is 0. The summed E-state index contributed by atoms with van der Waals surface area (Å²) >= 11 is 1.64. The summed E-state index contributed by atoms with van der Waals surface area (Å²) in [6, 6.07) is 17.1. The molecule has 1 N–H and O–H groups in total. The van der Waals surface area contributed by atoms with E-state index in [2.05, 4.69) is 5.32 Å². The summed E-state index contributed by atoms with van der Waals surface area (Å²) < 4.78 is 0. The van der Waals surface area contributed by atoms with Gasteiger partial charge in [-0.05, 0) is 24.6 Å². The summed E-state index contributed by atoms with van der Waals surface area (Å²) in [4.78, 5) is 27.5. The standard InChI is InChI=1S/C21H24N2O2S/c1-14(2)20(25)23-18(13-26-21(23)16-7-5-4-6-8-16)19(24)22-17-11-9-15(3)10-12-17/h4-12,14,18,21H,13H2,1-3H3,(H,22,24)/t18-,21-/m1/s1. The van der Waals surface area contributed by atoms with Crippen LogP contribution in [0.4, 0.5) is 5.69 Å². The highest BCUT2D eigenvalue weighted by molar-refractivity contribution is 7.99. The Balaban J connectivity index is 1.84. The van der Waals surface area contributed by atoms with E-state index in [4.69, 9.17) is 0 Å². The van der Waals surface area contributed by atoms with E-state index in [9.17, 15) is 9.59 Å². The highest BCUT2D eigenvalue weighted by atomic mass is 32.2. The topological polar surface area (TPSA) is 49.4 Å². The molecule has 0 radical (unpaired) electrons. The smallest absolute Gasteiger partial charge is 0.248 e. The molecule has 1 saturated heterocycles. The van der Waals surface area contributed by atoms with Gasteiger partial charge in [0.1, 0.15) is 11.4 Å². The van der Waals surface area contributed by atoms with Gasteiger partial charge in [-0.3, -0.25) is 9.59 Å². The number of anilines is 1. The lowest BCUT2D eigenvalue weighted by Crippen LogP contribution is -2.46. The second-order valence-corrected chi connectivity index (χ2v) is 7.98. The molecule has 136 valence electrons. The Morgan fingerprint density at radius 1 is 1.08 bits per heavy atom. The molecule has 0 spiro atoms. The van der Waals surface area contributed by atoms with Gasteiger partial charge in [-0.15, -0.1) is 11.8 Å². The van der Waals surface area contributed by atoms with E-state index >= 15 is 0 Å². The van der Waals surface area contributed by atoms with Gasteiger partial charge in [-0.1, -0.05) is 61.9 Å². The molecular weight excluding hydrogens is 344 g/mol. The maximum Gasteiger partial charge on any atom is 0.248 e. The zero-order valence-electron chi connectivity index (χ0n) is 15.3. The van der Waals surface area contributed by atoms with Crippen molar-refractivity contribution in [3.05, 3.63) is 65.7 Å². The average molecular weight is 369 g/mol. The SMILES string of the molecule is Cc1ccc(NC(=O)[C@H]2CS[C@H](c3ccccc3)N2C(=O)C(C)C)cc1. The van der Waals surface area contributed by atoms with Crippen molar-refractivity contribution in [1.82, 2.24) is 4.90 Å². The fourth-order valence-electron chi connectivity index (χ4n) is 3.01. The van der Waals surface area contributed by atoms with Crippen LogP contribution in [0.2, 0.25) is 0 Å². The Morgan fingerprint density at radius 2 is 1.73 bits per heavy atom. The number of carbonyl (C=O) groups excluding carboxylic acids is 2. The summed E-state index contributed by atoms with van der Waals surface area (Å²) in [6.45, 7) is 5.76. The first-order valence-electron chi connectivity index (χ1n) is 8.83. The van der Waals surface area contributed by atoms with E-state index < -0.39 is 6.04 Å². The van der Waals surface area contributed by atoms with Crippen LogP contribution in [-0.4, -0.2) is 28.5 Å². The number of thioether (sulfide) groups is 1. The molecule has 5 heteroatoms. The molecule has 2 aromatic rings. The number of benzene rings is 2. The predicted molar refractivity (Wildman–Crippen MR) is 107 cm³/mol. The van der Waals surface area contributed by atoms with Crippen LogP contribution >= 0.6 is 11.8 Å². The second-order valence-electron chi connectivity index (χ2n) is 6.87. The Hall–Kier alpha value is -2.27. The quantitative estimate of drug-likeness (QED) is 0.878. The van der Waals surface area contributed by atoms with Gasteiger partial charge < -0.3 is 10.2 Å². The number of carbonyl (C=O) groups is 2. The van der Waals surface area contributed by atoms with Crippen LogP contribution in [0.3, 0.4) is 0 Å². The Morgan fingerprint density at radius 3 is 2.35 bits per heavy atom. The molecule has 2 amide bonds. The van der Waals surface area contributed by atoms with Crippen LogP contribution in [0.15, 0.2) is 54.6 Å². The summed E-state index contributed by atoms with van der Waals surface area (Å²) in [6.07, 6.45) is 0. The molecule has 1 aliphatic rings. The molecule has 3 rings (SSSR count). The van der Waals surface area contributed by atoms with Crippen LogP contribution in [-0.2, 0) is 9.59 Å². The van der Waals surface area contributed by atoms with E-state index in [1.807, 2.05) is 75.4 Å². The molecule has 1 fully saturated rings. The molecule has 0 aromatic heterocycles. The number of aryl methyl sites for hydroxylation is 1. The first-order chi connectivity index (χ1) is 12.5. The molecule has 4 nitrogen and oxygen atoms in total. The lowest BCUT2D eigenvalue weighted by Gasteiger charge is -2.30. The van der Waals surface area contributed by atoms with Crippen molar-refractivity contribution in [1.29, 1.82) is 0 Å². The zero-order valence-corrected chi connectivity index (χ0v) is 16.1. The number of nitrogens with zero attached hydrogens (tertiary/aromatic N) is 1. The van der Waals surface area contributed by atoms with Gasteiger partial charge in [-0.2, -0.15) is 0 Å². The first kappa shape index (κ1) is 18.5. The van der Waals surface area contributed by atoms with Crippen LogP contribution in [0.5, 0.6) is 0 Å². The van der Waals surface area contributed by atoms with E-state index in [-0.39, 0.29) is 23.1 Å². The van der Waals surface area contributed by atoms with E-state index in [1.165, 1.54) is 0 Å². The Labute approximate surface area is 159 Å². The molecule has 2 atom stereocenters. The van der Waals surface area contributed by atoms with Crippen molar-refractivity contribution in [2.45, 2.75) is 32.2 Å². The normalized spacial score (nSPS) is 19.6. The largest absolute Gasteiger partial charge is 0.324 e. The van der Waals surface area contributed by atoms with Gasteiger partial charge in [0.25, 0.3) is 0 Å². The summed E-state index contributed by atoms with van der Waals surface area (Å²) in [5.41, 5.74) is 2.95. The molecular formula is C21H24N2O2S. The minimum absolute atomic E-state index is 0.00732. The molecule has 0 unspecified atom stereocenters. The predicted octanol–water partition coefficient (Wildman–Crippen LogP) is 4.23. The van der Waals surface area contributed by atoms with Gasteiger partial charge in [-0.25, -0.2) is 0 Å². The van der Waals surface area contributed by atoms with E-state index in [0.717, 1.165) is 16.8 Å². The lowest BCUT2D eigenvalue weighted by molar-refractivity contribution is -0.140. The molecule has 0 aliphatic carbocycles. The van der Waals surface area contributed by atoms with Gasteiger partial charge in [0.15, 0.2) is 0 Å². The molecule has 0 bridgehead atoms. The van der Waals surface area contributed by atoms with Crippen molar-refractivity contribution in [2.75, 3.05) is 11.1 Å². The number of rotatable bonds is 4. The third kappa shape index (κ3) is 3.93. The minimum Gasteiger partial charge on any atom is -0.324 e.